The van der Waals surface area contributed by atoms with E-state index < -0.39 is 0 Å². The molecule has 1 fully saturated rings. The number of aryl methyl sites for hydroxylation is 1. The molecule has 0 spiro atoms. The van der Waals surface area contributed by atoms with Gasteiger partial charge in [-0.2, -0.15) is 4.98 Å². The summed E-state index contributed by atoms with van der Waals surface area (Å²) < 4.78 is 0. The molecule has 1 aromatic heterocycles. The van der Waals surface area contributed by atoms with Crippen molar-refractivity contribution in [1.29, 1.82) is 0 Å². The van der Waals surface area contributed by atoms with E-state index in [4.69, 9.17) is 0 Å². The zero-order valence-corrected chi connectivity index (χ0v) is 12.9. The standard InChI is InChI=1S/C13H20N4O2S/c1-8-5-4-6-10(7-8)20-12-11(17(18)19)9(2)15-13(14-3)16-12/h8,10H,4-7H2,1-3H3,(H,14,15,16). The van der Waals surface area contributed by atoms with Crippen LogP contribution in [0.2, 0.25) is 0 Å². The summed E-state index contributed by atoms with van der Waals surface area (Å²) in [6.07, 6.45) is 4.64. The third-order valence-electron chi connectivity index (χ3n) is 3.60. The summed E-state index contributed by atoms with van der Waals surface area (Å²) in [5.74, 6) is 1.13. The van der Waals surface area contributed by atoms with E-state index in [0.717, 1.165) is 12.8 Å². The minimum absolute atomic E-state index is 0.0484. The second-order valence-electron chi connectivity index (χ2n) is 5.31. The molecule has 1 saturated carbocycles. The molecule has 7 heteroatoms. The molecule has 0 bridgehead atoms. The number of nitrogens with one attached hydrogen (secondary N) is 1. The van der Waals surface area contributed by atoms with E-state index in [0.29, 0.717) is 27.8 Å². The van der Waals surface area contributed by atoms with Crippen LogP contribution in [0.15, 0.2) is 5.03 Å². The molecule has 1 aliphatic carbocycles. The van der Waals surface area contributed by atoms with Gasteiger partial charge in [-0.15, -0.1) is 0 Å². The Bertz CT molecular complexity index is 509. The smallest absolute Gasteiger partial charge is 0.322 e. The molecule has 0 aromatic carbocycles. The normalized spacial score (nSPS) is 22.6. The van der Waals surface area contributed by atoms with Gasteiger partial charge < -0.3 is 5.32 Å². The topological polar surface area (TPSA) is 81.0 Å². The van der Waals surface area contributed by atoms with Crippen LogP contribution in [0.3, 0.4) is 0 Å². The van der Waals surface area contributed by atoms with Crippen molar-refractivity contribution in [2.24, 2.45) is 5.92 Å². The van der Waals surface area contributed by atoms with Crippen molar-refractivity contribution in [1.82, 2.24) is 9.97 Å². The monoisotopic (exact) mass is 296 g/mol. The maximum Gasteiger partial charge on any atom is 0.322 e. The summed E-state index contributed by atoms with van der Waals surface area (Å²) in [7, 11) is 1.72. The highest BCUT2D eigenvalue weighted by atomic mass is 32.2. The quantitative estimate of drug-likeness (QED) is 0.521. The Morgan fingerprint density at radius 1 is 1.40 bits per heavy atom. The molecule has 20 heavy (non-hydrogen) atoms. The maximum absolute atomic E-state index is 11.2. The number of thioether (sulfide) groups is 1. The van der Waals surface area contributed by atoms with Gasteiger partial charge in [-0.25, -0.2) is 4.98 Å². The van der Waals surface area contributed by atoms with E-state index in [9.17, 15) is 10.1 Å². The van der Waals surface area contributed by atoms with Gasteiger partial charge in [0.2, 0.25) is 5.95 Å². The number of nitrogens with zero attached hydrogens (tertiary/aromatic N) is 3. The van der Waals surface area contributed by atoms with Crippen molar-refractivity contribution in [2.45, 2.75) is 49.8 Å². The predicted octanol–water partition coefficient (Wildman–Crippen LogP) is 3.41. The van der Waals surface area contributed by atoms with Crippen LogP contribution in [0, 0.1) is 23.0 Å². The molecule has 2 unspecified atom stereocenters. The van der Waals surface area contributed by atoms with E-state index >= 15 is 0 Å². The van der Waals surface area contributed by atoms with E-state index in [1.807, 2.05) is 0 Å². The zero-order chi connectivity index (χ0) is 14.7. The maximum atomic E-state index is 11.2. The first-order chi connectivity index (χ1) is 9.51. The molecule has 6 nitrogen and oxygen atoms in total. The first-order valence-corrected chi connectivity index (χ1v) is 7.76. The molecule has 0 saturated heterocycles. The Hall–Kier alpha value is -1.37. The fourth-order valence-electron chi connectivity index (χ4n) is 2.59. The lowest BCUT2D eigenvalue weighted by molar-refractivity contribution is -0.389. The minimum atomic E-state index is -0.372. The highest BCUT2D eigenvalue weighted by Crippen LogP contribution is 2.39. The Morgan fingerprint density at radius 2 is 2.15 bits per heavy atom. The highest BCUT2D eigenvalue weighted by molar-refractivity contribution is 8.00. The van der Waals surface area contributed by atoms with Crippen LogP contribution in [-0.2, 0) is 0 Å². The molecule has 2 atom stereocenters. The first kappa shape index (κ1) is 15.0. The molecule has 0 aliphatic heterocycles. The molecule has 1 aromatic rings. The van der Waals surface area contributed by atoms with Crippen molar-refractivity contribution in [3.8, 4) is 0 Å². The van der Waals surface area contributed by atoms with Crippen molar-refractivity contribution >= 4 is 23.4 Å². The molecule has 1 aliphatic rings. The molecule has 1 heterocycles. The van der Waals surface area contributed by atoms with Crippen molar-refractivity contribution in [2.75, 3.05) is 12.4 Å². The van der Waals surface area contributed by atoms with Gasteiger partial charge in [0.25, 0.3) is 0 Å². The van der Waals surface area contributed by atoms with Crippen LogP contribution in [0.4, 0.5) is 11.6 Å². The molecular formula is C13H20N4O2S. The fourth-order valence-corrected chi connectivity index (χ4v) is 4.09. The van der Waals surface area contributed by atoms with E-state index in [2.05, 4.69) is 22.2 Å². The van der Waals surface area contributed by atoms with Gasteiger partial charge in [-0.3, -0.25) is 10.1 Å². The lowest BCUT2D eigenvalue weighted by Crippen LogP contribution is -2.16. The number of hydrogen-bond acceptors (Lipinski definition) is 6. The number of rotatable bonds is 4. The van der Waals surface area contributed by atoms with E-state index in [1.165, 1.54) is 24.6 Å². The van der Waals surface area contributed by atoms with Crippen LogP contribution >= 0.6 is 11.8 Å². The minimum Gasteiger partial charge on any atom is -0.357 e. The van der Waals surface area contributed by atoms with Gasteiger partial charge in [-0.1, -0.05) is 31.5 Å². The summed E-state index contributed by atoms with van der Waals surface area (Å²) in [5.41, 5.74) is 0.466. The average Bonchev–Trinajstić information content (AvgIpc) is 2.37. The Kier molecular flexibility index (Phi) is 4.80. The number of hydrogen-bond donors (Lipinski definition) is 1. The largest absolute Gasteiger partial charge is 0.357 e. The summed E-state index contributed by atoms with van der Waals surface area (Å²) in [4.78, 5) is 19.3. The third-order valence-corrected chi connectivity index (χ3v) is 4.87. The summed E-state index contributed by atoms with van der Waals surface area (Å²) >= 11 is 1.53. The molecule has 0 radical (unpaired) electrons. The molecule has 110 valence electrons. The predicted molar refractivity (Wildman–Crippen MR) is 80.2 cm³/mol. The van der Waals surface area contributed by atoms with Gasteiger partial charge >= 0.3 is 5.69 Å². The zero-order valence-electron chi connectivity index (χ0n) is 12.0. The lowest BCUT2D eigenvalue weighted by Gasteiger charge is -2.25. The van der Waals surface area contributed by atoms with Crippen LogP contribution in [0.1, 0.15) is 38.3 Å². The highest BCUT2D eigenvalue weighted by Gasteiger charge is 2.27. The Morgan fingerprint density at radius 3 is 2.75 bits per heavy atom. The third kappa shape index (κ3) is 3.39. The van der Waals surface area contributed by atoms with Crippen LogP contribution in [-0.4, -0.2) is 27.2 Å². The number of nitro groups is 1. The second kappa shape index (κ2) is 6.39. The Balaban J connectivity index is 2.28. The number of aromatic nitrogens is 2. The Labute approximate surface area is 122 Å². The molecule has 2 rings (SSSR count). The van der Waals surface area contributed by atoms with Gasteiger partial charge in [0.1, 0.15) is 5.69 Å². The van der Waals surface area contributed by atoms with E-state index in [-0.39, 0.29) is 10.6 Å². The van der Waals surface area contributed by atoms with Crippen molar-refractivity contribution in [3.05, 3.63) is 15.8 Å². The summed E-state index contributed by atoms with van der Waals surface area (Å²) in [6, 6.07) is 0. The van der Waals surface area contributed by atoms with Crippen LogP contribution < -0.4 is 5.32 Å². The van der Waals surface area contributed by atoms with Crippen molar-refractivity contribution in [3.63, 3.8) is 0 Å². The fraction of sp³-hybridized carbons (Fsp3) is 0.692. The first-order valence-electron chi connectivity index (χ1n) is 6.88. The molecular weight excluding hydrogens is 276 g/mol. The molecule has 0 amide bonds. The average molecular weight is 296 g/mol. The second-order valence-corrected chi connectivity index (χ2v) is 6.59. The van der Waals surface area contributed by atoms with Crippen LogP contribution in [0.25, 0.3) is 0 Å². The SMILES string of the molecule is CNc1nc(C)c([N+](=O)[O-])c(SC2CCCC(C)C2)n1. The van der Waals surface area contributed by atoms with Crippen molar-refractivity contribution < 1.29 is 4.92 Å². The van der Waals surface area contributed by atoms with Gasteiger partial charge in [0, 0.05) is 12.3 Å². The lowest BCUT2D eigenvalue weighted by atomic mass is 9.91. The van der Waals surface area contributed by atoms with Gasteiger partial charge in [0.15, 0.2) is 5.03 Å². The van der Waals surface area contributed by atoms with Gasteiger partial charge in [0.05, 0.1) is 4.92 Å². The summed E-state index contributed by atoms with van der Waals surface area (Å²) in [6.45, 7) is 3.90. The molecule has 1 N–H and O–H groups in total. The number of anilines is 1. The summed E-state index contributed by atoms with van der Waals surface area (Å²) in [5, 5.41) is 15.0. The van der Waals surface area contributed by atoms with Crippen LogP contribution in [0.5, 0.6) is 0 Å². The van der Waals surface area contributed by atoms with Gasteiger partial charge in [-0.05, 0) is 25.7 Å². The van der Waals surface area contributed by atoms with E-state index in [1.54, 1.807) is 14.0 Å².